The highest BCUT2D eigenvalue weighted by Gasteiger charge is 2.06. The fraction of sp³-hybridized carbons (Fsp3) is 0. The molecular formula is C8H8Cl2N2OS. The number of hydrogen-bond donors (Lipinski definition) is 1. The molecule has 2 aromatic rings. The average Bonchev–Trinajstić information content (AvgIpc) is 2.49. The molecule has 2 rings (SSSR count). The van der Waals surface area contributed by atoms with Crippen molar-refractivity contribution >= 4 is 52.3 Å². The number of thiazole rings is 1. The van der Waals surface area contributed by atoms with Gasteiger partial charge in [0.1, 0.15) is 0 Å². The highest BCUT2D eigenvalue weighted by Crippen LogP contribution is 2.20. The summed E-state index contributed by atoms with van der Waals surface area (Å²) < 4.78 is 0.992. The van der Waals surface area contributed by atoms with E-state index in [1.54, 1.807) is 17.6 Å². The van der Waals surface area contributed by atoms with Gasteiger partial charge in [-0.3, -0.25) is 4.79 Å². The van der Waals surface area contributed by atoms with Crippen LogP contribution in [0.25, 0.3) is 10.2 Å². The minimum absolute atomic E-state index is 0. The van der Waals surface area contributed by atoms with Crippen LogP contribution in [0.5, 0.6) is 0 Å². The number of nitrogens with zero attached hydrogens (tertiary/aromatic N) is 1. The third kappa shape index (κ3) is 2.15. The van der Waals surface area contributed by atoms with E-state index in [2.05, 4.69) is 4.98 Å². The molecule has 0 unspecified atom stereocenters. The maximum Gasteiger partial charge on any atom is 0.250 e. The van der Waals surface area contributed by atoms with Gasteiger partial charge in [0.25, 0.3) is 5.91 Å². The number of rotatable bonds is 1. The number of hydrogen-bond acceptors (Lipinski definition) is 3. The third-order valence-electron chi connectivity index (χ3n) is 1.63. The Labute approximate surface area is 97.1 Å². The standard InChI is InChI=1S/C8H6N2OS.2ClH/c9-8(11)5-2-1-3-6-7(5)10-4-12-6;;/h1-4H,(H2,9,11);2*1H. The molecule has 0 atom stereocenters. The van der Waals surface area contributed by atoms with Crippen LogP contribution in [-0.2, 0) is 0 Å². The van der Waals surface area contributed by atoms with Gasteiger partial charge in [0.15, 0.2) is 0 Å². The molecule has 0 spiro atoms. The maximum atomic E-state index is 10.9. The molecule has 0 bridgehead atoms. The average molecular weight is 251 g/mol. The molecule has 2 N–H and O–H groups in total. The predicted octanol–water partition coefficient (Wildman–Crippen LogP) is 2.24. The van der Waals surface area contributed by atoms with Crippen molar-refractivity contribution in [1.29, 1.82) is 0 Å². The van der Waals surface area contributed by atoms with Crippen LogP contribution in [0.4, 0.5) is 0 Å². The molecule has 0 aliphatic rings. The number of primary amides is 1. The normalized spacial score (nSPS) is 8.86. The molecule has 1 aromatic heterocycles. The van der Waals surface area contributed by atoms with Gasteiger partial charge in [-0.05, 0) is 12.1 Å². The number of aromatic nitrogens is 1. The summed E-state index contributed by atoms with van der Waals surface area (Å²) in [6.45, 7) is 0. The third-order valence-corrected chi connectivity index (χ3v) is 2.42. The fourth-order valence-electron chi connectivity index (χ4n) is 1.09. The van der Waals surface area contributed by atoms with E-state index < -0.39 is 5.91 Å². The van der Waals surface area contributed by atoms with Gasteiger partial charge in [-0.15, -0.1) is 36.2 Å². The number of para-hydroxylation sites is 1. The lowest BCUT2D eigenvalue weighted by Gasteiger charge is -1.94. The van der Waals surface area contributed by atoms with Gasteiger partial charge in [-0.1, -0.05) is 6.07 Å². The van der Waals surface area contributed by atoms with Crippen molar-refractivity contribution in [1.82, 2.24) is 4.98 Å². The first-order chi connectivity index (χ1) is 5.79. The van der Waals surface area contributed by atoms with Crippen molar-refractivity contribution in [2.45, 2.75) is 0 Å². The molecule has 0 radical (unpaired) electrons. The van der Waals surface area contributed by atoms with Crippen LogP contribution in [0, 0.1) is 0 Å². The summed E-state index contributed by atoms with van der Waals surface area (Å²) in [6.07, 6.45) is 0. The van der Waals surface area contributed by atoms with Gasteiger partial charge >= 0.3 is 0 Å². The molecule has 76 valence electrons. The van der Waals surface area contributed by atoms with Crippen LogP contribution in [0.3, 0.4) is 0 Å². The molecule has 1 heterocycles. The Morgan fingerprint density at radius 1 is 1.36 bits per heavy atom. The van der Waals surface area contributed by atoms with Crippen LogP contribution in [-0.4, -0.2) is 10.9 Å². The molecule has 3 nitrogen and oxygen atoms in total. The van der Waals surface area contributed by atoms with E-state index in [1.807, 2.05) is 6.07 Å². The van der Waals surface area contributed by atoms with Gasteiger partial charge in [0.05, 0.1) is 21.3 Å². The zero-order valence-corrected chi connectivity index (χ0v) is 9.42. The maximum absolute atomic E-state index is 10.9. The molecule has 14 heavy (non-hydrogen) atoms. The SMILES string of the molecule is Cl.Cl.NC(=O)c1cccc2scnc12. The lowest BCUT2D eigenvalue weighted by Crippen LogP contribution is -2.11. The Kier molecular flexibility index (Phi) is 4.83. The second kappa shape index (κ2) is 5.14. The first-order valence-corrected chi connectivity index (χ1v) is 4.29. The first-order valence-electron chi connectivity index (χ1n) is 3.41. The number of benzene rings is 1. The van der Waals surface area contributed by atoms with Crippen molar-refractivity contribution in [3.8, 4) is 0 Å². The summed E-state index contributed by atoms with van der Waals surface area (Å²) in [5, 5.41) is 0. The van der Waals surface area contributed by atoms with Crippen molar-refractivity contribution in [3.05, 3.63) is 29.3 Å². The largest absolute Gasteiger partial charge is 0.366 e. The minimum Gasteiger partial charge on any atom is -0.366 e. The quantitative estimate of drug-likeness (QED) is 0.844. The summed E-state index contributed by atoms with van der Waals surface area (Å²) in [7, 11) is 0. The Morgan fingerprint density at radius 2 is 2.07 bits per heavy atom. The van der Waals surface area contributed by atoms with Crippen molar-refractivity contribution in [2.24, 2.45) is 5.73 Å². The van der Waals surface area contributed by atoms with E-state index in [0.717, 1.165) is 4.70 Å². The summed E-state index contributed by atoms with van der Waals surface area (Å²) in [5.74, 6) is -0.425. The van der Waals surface area contributed by atoms with Gasteiger partial charge in [0, 0.05) is 0 Å². The monoisotopic (exact) mass is 250 g/mol. The van der Waals surface area contributed by atoms with E-state index in [1.165, 1.54) is 11.3 Å². The zero-order chi connectivity index (χ0) is 8.55. The fourth-order valence-corrected chi connectivity index (χ4v) is 1.79. The summed E-state index contributed by atoms with van der Waals surface area (Å²) in [5.41, 5.74) is 8.07. The van der Waals surface area contributed by atoms with Crippen molar-refractivity contribution in [2.75, 3.05) is 0 Å². The number of carbonyl (C=O) groups is 1. The molecule has 0 fully saturated rings. The highest BCUT2D eigenvalue weighted by atomic mass is 35.5. The molecule has 1 aromatic carbocycles. The molecule has 0 saturated heterocycles. The van der Waals surface area contributed by atoms with Crippen LogP contribution >= 0.6 is 36.2 Å². The van der Waals surface area contributed by atoms with Crippen LogP contribution in [0.1, 0.15) is 10.4 Å². The summed E-state index contributed by atoms with van der Waals surface area (Å²) in [4.78, 5) is 15.0. The Morgan fingerprint density at radius 3 is 2.71 bits per heavy atom. The summed E-state index contributed by atoms with van der Waals surface area (Å²) >= 11 is 1.50. The number of amides is 1. The summed E-state index contributed by atoms with van der Waals surface area (Å²) in [6, 6.07) is 5.41. The van der Waals surface area contributed by atoms with Crippen LogP contribution < -0.4 is 5.73 Å². The molecule has 0 aliphatic heterocycles. The topological polar surface area (TPSA) is 56.0 Å². The Balaban J connectivity index is 0.000000845. The van der Waals surface area contributed by atoms with Crippen molar-refractivity contribution in [3.63, 3.8) is 0 Å². The second-order valence-electron chi connectivity index (χ2n) is 2.37. The Bertz CT molecular complexity index is 444. The number of carbonyl (C=O) groups excluding carboxylic acids is 1. The van der Waals surface area contributed by atoms with E-state index >= 15 is 0 Å². The van der Waals surface area contributed by atoms with E-state index in [9.17, 15) is 4.79 Å². The van der Waals surface area contributed by atoms with Gasteiger partial charge < -0.3 is 5.73 Å². The Hall–Kier alpha value is -0.840. The van der Waals surface area contributed by atoms with Crippen LogP contribution in [0.15, 0.2) is 23.7 Å². The van der Waals surface area contributed by atoms with Gasteiger partial charge in [-0.25, -0.2) is 4.98 Å². The number of nitrogens with two attached hydrogens (primary N) is 1. The lowest BCUT2D eigenvalue weighted by molar-refractivity contribution is 0.100. The van der Waals surface area contributed by atoms with Crippen molar-refractivity contribution < 1.29 is 4.79 Å². The minimum atomic E-state index is -0.425. The number of fused-ring (bicyclic) bond motifs is 1. The lowest BCUT2D eigenvalue weighted by atomic mass is 10.2. The number of halogens is 2. The first kappa shape index (κ1) is 13.2. The molecular weight excluding hydrogens is 243 g/mol. The van der Waals surface area contributed by atoms with E-state index in [0.29, 0.717) is 11.1 Å². The zero-order valence-electron chi connectivity index (χ0n) is 6.97. The molecule has 0 saturated carbocycles. The molecule has 6 heteroatoms. The highest BCUT2D eigenvalue weighted by molar-refractivity contribution is 7.16. The second-order valence-corrected chi connectivity index (χ2v) is 3.26. The van der Waals surface area contributed by atoms with Crippen LogP contribution in [0.2, 0.25) is 0 Å². The smallest absolute Gasteiger partial charge is 0.250 e. The van der Waals surface area contributed by atoms with E-state index in [4.69, 9.17) is 5.73 Å². The van der Waals surface area contributed by atoms with E-state index in [-0.39, 0.29) is 24.8 Å². The van der Waals surface area contributed by atoms with Gasteiger partial charge in [0.2, 0.25) is 0 Å². The predicted molar refractivity (Wildman–Crippen MR) is 62.6 cm³/mol. The molecule has 0 aliphatic carbocycles. The van der Waals surface area contributed by atoms with Gasteiger partial charge in [-0.2, -0.15) is 0 Å². The molecule has 1 amide bonds.